The maximum Gasteiger partial charge on any atom is 0.142 e. The predicted octanol–water partition coefficient (Wildman–Crippen LogP) is 5.88. The van der Waals surface area contributed by atoms with Gasteiger partial charge in [0.15, 0.2) is 0 Å². The molecule has 0 amide bonds. The van der Waals surface area contributed by atoms with E-state index in [-0.39, 0.29) is 19.0 Å². The molecule has 188 valence electrons. The van der Waals surface area contributed by atoms with Gasteiger partial charge in [-0.2, -0.15) is 0 Å². The van der Waals surface area contributed by atoms with Crippen LogP contribution in [0.15, 0.2) is 48.8 Å². The second kappa shape index (κ2) is 11.5. The van der Waals surface area contributed by atoms with Gasteiger partial charge in [-0.25, -0.2) is 14.4 Å². The van der Waals surface area contributed by atoms with Crippen LogP contribution in [0.3, 0.4) is 0 Å². The number of anilines is 2. The maximum absolute atomic E-state index is 13.4. The maximum atomic E-state index is 13.4. The summed E-state index contributed by atoms with van der Waals surface area (Å²) >= 11 is 8.25. The quantitative estimate of drug-likeness (QED) is 0.224. The van der Waals surface area contributed by atoms with Crippen LogP contribution < -0.4 is 15.4 Å². The zero-order valence-electron chi connectivity index (χ0n) is 19.8. The molecule has 1 atom stereocenters. The van der Waals surface area contributed by atoms with Crippen molar-refractivity contribution in [2.75, 3.05) is 25.0 Å². The fourth-order valence-corrected chi connectivity index (χ4v) is 6.19. The number of hydrogen-bond donors (Lipinski definition) is 3. The van der Waals surface area contributed by atoms with Gasteiger partial charge in [0.05, 0.1) is 17.0 Å². The molecule has 1 unspecified atom stereocenters. The molecule has 2 aromatic heterocycles. The topological polar surface area (TPSA) is 79.3 Å². The Hall–Kier alpha value is -2.78. The Labute approximate surface area is 218 Å². The number of thiophene rings is 1. The number of aryl methyl sites for hydroxylation is 1. The van der Waals surface area contributed by atoms with Gasteiger partial charge in [0.25, 0.3) is 0 Å². The first kappa shape index (κ1) is 24.9. The number of aromatic nitrogens is 2. The van der Waals surface area contributed by atoms with Crippen molar-refractivity contribution in [3.63, 3.8) is 0 Å². The van der Waals surface area contributed by atoms with E-state index in [9.17, 15) is 4.39 Å². The van der Waals surface area contributed by atoms with Gasteiger partial charge < -0.3 is 20.5 Å². The molecule has 36 heavy (non-hydrogen) atoms. The zero-order chi connectivity index (χ0) is 24.9. The smallest absolute Gasteiger partial charge is 0.142 e. The lowest BCUT2D eigenvalue weighted by atomic mass is 9.86. The summed E-state index contributed by atoms with van der Waals surface area (Å²) < 4.78 is 19.2. The van der Waals surface area contributed by atoms with Crippen LogP contribution >= 0.6 is 22.9 Å². The molecule has 0 bridgehead atoms. The number of nitrogens with one attached hydrogen (secondary N) is 2. The third kappa shape index (κ3) is 5.78. The summed E-state index contributed by atoms with van der Waals surface area (Å²) in [4.78, 5) is 11.5. The molecule has 0 fully saturated rings. The number of hydrogen-bond acceptors (Lipinski definition) is 7. The highest BCUT2D eigenvalue weighted by Crippen LogP contribution is 2.41. The first-order valence-electron chi connectivity index (χ1n) is 12.1. The SMILES string of the molecule is OCCNCCC1CCc2c(sc3ncnc(Nc4ccc(OCc5cccc(F)c5)c(Cl)c4)c23)C1. The molecule has 2 heterocycles. The minimum absolute atomic E-state index is 0.176. The van der Waals surface area contributed by atoms with Crippen LogP contribution in [-0.4, -0.2) is 34.8 Å². The second-order valence-corrected chi connectivity index (χ2v) is 10.5. The van der Waals surface area contributed by atoms with Crippen molar-refractivity contribution < 1.29 is 14.2 Å². The Balaban J connectivity index is 1.29. The highest BCUT2D eigenvalue weighted by Gasteiger charge is 2.25. The lowest BCUT2D eigenvalue weighted by molar-refractivity contribution is 0.289. The first-order valence-corrected chi connectivity index (χ1v) is 13.3. The van der Waals surface area contributed by atoms with E-state index in [0.29, 0.717) is 23.2 Å². The number of rotatable bonds is 10. The molecular formula is C27H28ClFN4O2S. The van der Waals surface area contributed by atoms with Crippen LogP contribution in [0.2, 0.25) is 5.02 Å². The van der Waals surface area contributed by atoms with E-state index >= 15 is 0 Å². The summed E-state index contributed by atoms with van der Waals surface area (Å²) in [6, 6.07) is 11.8. The number of fused-ring (bicyclic) bond motifs is 3. The molecule has 0 saturated heterocycles. The first-order chi connectivity index (χ1) is 17.6. The fourth-order valence-electron chi connectivity index (χ4n) is 4.65. The molecule has 6 nitrogen and oxygen atoms in total. The normalized spacial score (nSPS) is 15.1. The molecule has 0 saturated carbocycles. The molecule has 1 aliphatic carbocycles. The Morgan fingerprint density at radius 1 is 1.17 bits per heavy atom. The van der Waals surface area contributed by atoms with E-state index in [1.807, 2.05) is 18.2 Å². The van der Waals surface area contributed by atoms with Crippen molar-refractivity contribution in [1.82, 2.24) is 15.3 Å². The average molecular weight is 527 g/mol. The third-order valence-electron chi connectivity index (χ3n) is 6.44. The minimum Gasteiger partial charge on any atom is -0.487 e. The fraction of sp³-hybridized carbons (Fsp3) is 0.333. The summed E-state index contributed by atoms with van der Waals surface area (Å²) in [5, 5.41) is 17.2. The Morgan fingerprint density at radius 3 is 2.92 bits per heavy atom. The van der Waals surface area contributed by atoms with Gasteiger partial charge >= 0.3 is 0 Å². The summed E-state index contributed by atoms with van der Waals surface area (Å²) in [5.74, 6) is 1.66. The highest BCUT2D eigenvalue weighted by atomic mass is 35.5. The van der Waals surface area contributed by atoms with Crippen molar-refractivity contribution in [2.24, 2.45) is 5.92 Å². The lowest BCUT2D eigenvalue weighted by Gasteiger charge is -2.22. The summed E-state index contributed by atoms with van der Waals surface area (Å²) in [5.41, 5.74) is 2.89. The van der Waals surface area contributed by atoms with Crippen molar-refractivity contribution in [3.8, 4) is 5.75 Å². The van der Waals surface area contributed by atoms with Gasteiger partial charge in [0.1, 0.15) is 35.1 Å². The lowest BCUT2D eigenvalue weighted by Crippen LogP contribution is -2.23. The highest BCUT2D eigenvalue weighted by molar-refractivity contribution is 7.19. The Morgan fingerprint density at radius 2 is 2.08 bits per heavy atom. The molecule has 1 aliphatic rings. The van der Waals surface area contributed by atoms with Crippen molar-refractivity contribution in [2.45, 2.75) is 32.3 Å². The molecule has 5 rings (SSSR count). The average Bonchev–Trinajstić information content (AvgIpc) is 3.25. The Bertz CT molecular complexity index is 1350. The summed E-state index contributed by atoms with van der Waals surface area (Å²) in [6.45, 7) is 1.99. The van der Waals surface area contributed by atoms with Crippen LogP contribution in [-0.2, 0) is 19.4 Å². The van der Waals surface area contributed by atoms with Crippen LogP contribution in [0, 0.1) is 11.7 Å². The van der Waals surface area contributed by atoms with Gasteiger partial charge in [-0.15, -0.1) is 11.3 Å². The van der Waals surface area contributed by atoms with Crippen LogP contribution in [0.25, 0.3) is 10.2 Å². The predicted molar refractivity (Wildman–Crippen MR) is 143 cm³/mol. The van der Waals surface area contributed by atoms with Crippen molar-refractivity contribution in [3.05, 3.63) is 75.6 Å². The van der Waals surface area contributed by atoms with E-state index in [1.54, 1.807) is 29.8 Å². The molecule has 0 spiro atoms. The van der Waals surface area contributed by atoms with Crippen LogP contribution in [0.5, 0.6) is 5.75 Å². The molecule has 0 aliphatic heterocycles. The number of aliphatic hydroxyl groups excluding tert-OH is 1. The number of nitrogens with zero attached hydrogens (tertiary/aromatic N) is 2. The molecule has 4 aromatic rings. The van der Waals surface area contributed by atoms with Crippen LogP contribution in [0.1, 0.15) is 28.8 Å². The van der Waals surface area contributed by atoms with E-state index < -0.39 is 0 Å². The van der Waals surface area contributed by atoms with E-state index in [1.165, 1.54) is 22.6 Å². The van der Waals surface area contributed by atoms with E-state index in [0.717, 1.165) is 59.5 Å². The number of ether oxygens (including phenoxy) is 1. The van der Waals surface area contributed by atoms with Gasteiger partial charge in [-0.1, -0.05) is 23.7 Å². The van der Waals surface area contributed by atoms with E-state index in [2.05, 4.69) is 20.6 Å². The number of benzene rings is 2. The van der Waals surface area contributed by atoms with Gasteiger partial charge in [-0.3, -0.25) is 0 Å². The number of aliphatic hydroxyl groups is 1. The van der Waals surface area contributed by atoms with Crippen LogP contribution in [0.4, 0.5) is 15.9 Å². The Kier molecular flexibility index (Phi) is 7.96. The summed E-state index contributed by atoms with van der Waals surface area (Å²) in [7, 11) is 0. The third-order valence-corrected chi connectivity index (χ3v) is 7.90. The molecule has 3 N–H and O–H groups in total. The molecule has 0 radical (unpaired) electrons. The van der Waals surface area contributed by atoms with Gasteiger partial charge in [0.2, 0.25) is 0 Å². The zero-order valence-corrected chi connectivity index (χ0v) is 21.3. The molecule has 9 heteroatoms. The van der Waals surface area contributed by atoms with Crippen molar-refractivity contribution >= 4 is 44.7 Å². The second-order valence-electron chi connectivity index (χ2n) is 8.97. The van der Waals surface area contributed by atoms with E-state index in [4.69, 9.17) is 21.4 Å². The van der Waals surface area contributed by atoms with Gasteiger partial charge in [0, 0.05) is 17.1 Å². The molecular weight excluding hydrogens is 499 g/mol. The number of halogens is 2. The van der Waals surface area contributed by atoms with Crippen molar-refractivity contribution in [1.29, 1.82) is 0 Å². The van der Waals surface area contributed by atoms with Gasteiger partial charge in [-0.05, 0) is 79.6 Å². The molecule has 2 aromatic carbocycles. The monoisotopic (exact) mass is 526 g/mol. The standard InChI is InChI=1S/C27H28ClFN4O2S/c28-22-14-20(5-7-23(22)35-15-18-2-1-3-19(29)12-18)33-26-25-21-6-4-17(8-9-30-10-11-34)13-24(21)36-27(25)32-16-31-26/h1-3,5,7,12,14,16-17,30,34H,4,6,8-11,13,15H2,(H,31,32,33). The minimum atomic E-state index is -0.292. The largest absolute Gasteiger partial charge is 0.487 e. The summed E-state index contributed by atoms with van der Waals surface area (Å²) in [6.07, 6.45) is 5.91.